The number of ether oxygens (including phenoxy) is 2. The maximum Gasteiger partial charge on any atom is 0.122 e. The van der Waals surface area contributed by atoms with Crippen LogP contribution in [0.15, 0.2) is 12.1 Å². The van der Waals surface area contributed by atoms with Gasteiger partial charge in [0.15, 0.2) is 0 Å². The summed E-state index contributed by atoms with van der Waals surface area (Å²) in [6, 6.07) is 3.81. The molecule has 1 heterocycles. The van der Waals surface area contributed by atoms with Crippen LogP contribution >= 0.6 is 0 Å². The number of nitrogens with zero attached hydrogens (tertiary/aromatic N) is 1. The minimum absolute atomic E-state index is 0.137. The van der Waals surface area contributed by atoms with Gasteiger partial charge in [0, 0.05) is 17.8 Å². The van der Waals surface area contributed by atoms with E-state index in [2.05, 4.69) is 4.98 Å². The molecule has 1 N–H and O–H groups in total. The highest BCUT2D eigenvalue weighted by Gasteiger charge is 2.19. The minimum Gasteiger partial charge on any atom is -0.497 e. The molecule has 1 saturated carbocycles. The number of methoxy groups -OCH3 is 1. The van der Waals surface area contributed by atoms with Crippen molar-refractivity contribution in [1.29, 1.82) is 0 Å². The van der Waals surface area contributed by atoms with Crippen LogP contribution in [0.4, 0.5) is 0 Å². The molecule has 1 fully saturated rings. The summed E-state index contributed by atoms with van der Waals surface area (Å²) in [5.41, 5.74) is 1.84. The Morgan fingerprint density at radius 3 is 2.67 bits per heavy atom. The summed E-state index contributed by atoms with van der Waals surface area (Å²) in [5.74, 6) is 0.820. The summed E-state index contributed by atoms with van der Waals surface area (Å²) in [6.07, 6.45) is 3.67. The second kappa shape index (κ2) is 6.16. The Labute approximate surface area is 108 Å². The molecular formula is C14H21NO3. The van der Waals surface area contributed by atoms with E-state index >= 15 is 0 Å². The van der Waals surface area contributed by atoms with Gasteiger partial charge in [-0.05, 0) is 32.6 Å². The highest BCUT2D eigenvalue weighted by molar-refractivity contribution is 5.26. The molecule has 2 rings (SSSR count). The Morgan fingerprint density at radius 1 is 1.28 bits per heavy atom. The highest BCUT2D eigenvalue weighted by Crippen LogP contribution is 2.22. The molecule has 0 bridgehead atoms. The molecule has 0 amide bonds. The molecule has 1 aliphatic rings. The lowest BCUT2D eigenvalue weighted by Crippen LogP contribution is -2.24. The SMILES string of the molecule is COc1cc(C)nc(COC2CCC(O)CC2)c1. The largest absolute Gasteiger partial charge is 0.497 e. The van der Waals surface area contributed by atoms with E-state index in [4.69, 9.17) is 9.47 Å². The second-order valence-electron chi connectivity index (χ2n) is 4.88. The molecule has 18 heavy (non-hydrogen) atoms. The molecule has 4 heteroatoms. The predicted octanol–water partition coefficient (Wildman–Crippen LogP) is 2.22. The summed E-state index contributed by atoms with van der Waals surface area (Å²) in [5, 5.41) is 9.43. The Kier molecular flexibility index (Phi) is 4.55. The lowest BCUT2D eigenvalue weighted by molar-refractivity contribution is -0.0130. The molecule has 0 radical (unpaired) electrons. The first kappa shape index (κ1) is 13.3. The van der Waals surface area contributed by atoms with Crippen LogP contribution in [-0.2, 0) is 11.3 Å². The molecule has 1 aromatic heterocycles. The normalized spacial score (nSPS) is 23.9. The molecule has 0 aromatic carbocycles. The number of aliphatic hydroxyl groups excluding tert-OH is 1. The number of hydrogen-bond donors (Lipinski definition) is 1. The van der Waals surface area contributed by atoms with Crippen molar-refractivity contribution < 1.29 is 14.6 Å². The summed E-state index contributed by atoms with van der Waals surface area (Å²) in [6.45, 7) is 2.46. The molecule has 100 valence electrons. The number of pyridine rings is 1. The average Bonchev–Trinajstić information content (AvgIpc) is 2.37. The maximum absolute atomic E-state index is 9.43. The van der Waals surface area contributed by atoms with Crippen molar-refractivity contribution in [3.05, 3.63) is 23.5 Å². The third-order valence-corrected chi connectivity index (χ3v) is 3.33. The summed E-state index contributed by atoms with van der Waals surface area (Å²) in [4.78, 5) is 4.43. The van der Waals surface area contributed by atoms with E-state index in [0.29, 0.717) is 6.61 Å². The summed E-state index contributed by atoms with van der Waals surface area (Å²) < 4.78 is 11.1. The van der Waals surface area contributed by atoms with E-state index in [1.165, 1.54) is 0 Å². The maximum atomic E-state index is 9.43. The number of aliphatic hydroxyl groups is 1. The fraction of sp³-hybridized carbons (Fsp3) is 0.643. The quantitative estimate of drug-likeness (QED) is 0.891. The van der Waals surface area contributed by atoms with Crippen molar-refractivity contribution in [3.8, 4) is 5.75 Å². The molecular weight excluding hydrogens is 230 g/mol. The van der Waals surface area contributed by atoms with Crippen molar-refractivity contribution in [3.63, 3.8) is 0 Å². The Morgan fingerprint density at radius 2 is 2.00 bits per heavy atom. The van der Waals surface area contributed by atoms with Crippen molar-refractivity contribution in [2.45, 2.75) is 51.4 Å². The van der Waals surface area contributed by atoms with Crippen LogP contribution in [0.3, 0.4) is 0 Å². The molecule has 0 saturated heterocycles. The van der Waals surface area contributed by atoms with E-state index in [0.717, 1.165) is 42.8 Å². The molecule has 0 spiro atoms. The van der Waals surface area contributed by atoms with Crippen molar-refractivity contribution in [2.75, 3.05) is 7.11 Å². The zero-order valence-electron chi connectivity index (χ0n) is 11.1. The van der Waals surface area contributed by atoms with Gasteiger partial charge in [-0.25, -0.2) is 0 Å². The van der Waals surface area contributed by atoms with Gasteiger partial charge < -0.3 is 14.6 Å². The van der Waals surface area contributed by atoms with Gasteiger partial charge in [0.2, 0.25) is 0 Å². The zero-order valence-corrected chi connectivity index (χ0v) is 11.1. The average molecular weight is 251 g/mol. The first-order valence-corrected chi connectivity index (χ1v) is 6.48. The van der Waals surface area contributed by atoms with Crippen LogP contribution in [0.2, 0.25) is 0 Å². The number of rotatable bonds is 4. The second-order valence-corrected chi connectivity index (χ2v) is 4.88. The van der Waals surface area contributed by atoms with Crippen molar-refractivity contribution in [1.82, 2.24) is 4.98 Å². The number of hydrogen-bond acceptors (Lipinski definition) is 4. The molecule has 0 atom stereocenters. The summed E-state index contributed by atoms with van der Waals surface area (Å²) in [7, 11) is 1.65. The van der Waals surface area contributed by atoms with Crippen LogP contribution in [-0.4, -0.2) is 29.4 Å². The fourth-order valence-corrected chi connectivity index (χ4v) is 2.31. The highest BCUT2D eigenvalue weighted by atomic mass is 16.5. The van der Waals surface area contributed by atoms with Gasteiger partial charge in [0.05, 0.1) is 31.6 Å². The van der Waals surface area contributed by atoms with E-state index in [1.54, 1.807) is 7.11 Å². The Bertz CT molecular complexity index is 387. The lowest BCUT2D eigenvalue weighted by atomic mass is 9.95. The van der Waals surface area contributed by atoms with Gasteiger partial charge in [-0.1, -0.05) is 0 Å². The van der Waals surface area contributed by atoms with Gasteiger partial charge in [-0.2, -0.15) is 0 Å². The van der Waals surface area contributed by atoms with Gasteiger partial charge >= 0.3 is 0 Å². The molecule has 0 unspecified atom stereocenters. The van der Waals surface area contributed by atoms with E-state index < -0.39 is 0 Å². The van der Waals surface area contributed by atoms with Crippen LogP contribution in [0.1, 0.15) is 37.1 Å². The smallest absolute Gasteiger partial charge is 0.122 e. The monoisotopic (exact) mass is 251 g/mol. The zero-order chi connectivity index (χ0) is 13.0. The number of aromatic nitrogens is 1. The first-order chi connectivity index (χ1) is 8.67. The van der Waals surface area contributed by atoms with E-state index in [-0.39, 0.29) is 12.2 Å². The van der Waals surface area contributed by atoms with Gasteiger partial charge in [0.25, 0.3) is 0 Å². The van der Waals surface area contributed by atoms with E-state index in [9.17, 15) is 5.11 Å². The first-order valence-electron chi connectivity index (χ1n) is 6.48. The third-order valence-electron chi connectivity index (χ3n) is 3.33. The van der Waals surface area contributed by atoms with Crippen LogP contribution in [0, 0.1) is 6.92 Å². The van der Waals surface area contributed by atoms with E-state index in [1.807, 2.05) is 19.1 Å². The molecule has 4 nitrogen and oxygen atoms in total. The molecule has 1 aromatic rings. The van der Waals surface area contributed by atoms with Gasteiger partial charge in [-0.15, -0.1) is 0 Å². The lowest BCUT2D eigenvalue weighted by Gasteiger charge is -2.25. The van der Waals surface area contributed by atoms with Crippen LogP contribution in [0.25, 0.3) is 0 Å². The Hall–Kier alpha value is -1.13. The van der Waals surface area contributed by atoms with Crippen molar-refractivity contribution in [2.24, 2.45) is 0 Å². The van der Waals surface area contributed by atoms with Crippen LogP contribution < -0.4 is 4.74 Å². The molecule has 1 aliphatic carbocycles. The van der Waals surface area contributed by atoms with Gasteiger partial charge in [0.1, 0.15) is 5.75 Å². The number of aryl methyl sites for hydroxylation is 1. The molecule has 0 aliphatic heterocycles. The fourth-order valence-electron chi connectivity index (χ4n) is 2.31. The minimum atomic E-state index is -0.137. The van der Waals surface area contributed by atoms with Crippen LogP contribution in [0.5, 0.6) is 5.75 Å². The topological polar surface area (TPSA) is 51.6 Å². The standard InChI is InChI=1S/C14H21NO3/c1-10-7-14(17-2)8-11(15-10)9-18-13-5-3-12(16)4-6-13/h7-8,12-13,16H,3-6,9H2,1-2H3. The van der Waals surface area contributed by atoms with Crippen molar-refractivity contribution >= 4 is 0 Å². The Balaban J connectivity index is 1.88. The third kappa shape index (κ3) is 3.68. The summed E-state index contributed by atoms with van der Waals surface area (Å²) >= 11 is 0. The predicted molar refractivity (Wildman–Crippen MR) is 68.6 cm³/mol. The van der Waals surface area contributed by atoms with Gasteiger partial charge in [-0.3, -0.25) is 4.98 Å².